The average Bonchev–Trinajstić information content (AvgIpc) is 3.02. The van der Waals surface area contributed by atoms with E-state index >= 15 is 0 Å². The lowest BCUT2D eigenvalue weighted by atomic mass is 10.0. The number of hydrogen-bond acceptors (Lipinski definition) is 3. The Hall–Kier alpha value is -2.37. The number of aromatic amines is 1. The number of carbonyl (C=O) groups is 2. The first kappa shape index (κ1) is 12.7. The van der Waals surface area contributed by atoms with Crippen LogP contribution in [0.5, 0.6) is 0 Å². The number of amides is 1. The van der Waals surface area contributed by atoms with Crippen LogP contribution in [0.25, 0.3) is 10.9 Å². The number of H-pyrrole nitrogens is 1. The molecule has 6 nitrogen and oxygen atoms in total. The smallest absolute Gasteiger partial charge is 0.326 e. The van der Waals surface area contributed by atoms with Gasteiger partial charge in [0.2, 0.25) is 0 Å². The van der Waals surface area contributed by atoms with Gasteiger partial charge in [0.15, 0.2) is 0 Å². The molecule has 20 heavy (non-hydrogen) atoms. The topological polar surface area (TPSA) is 86.3 Å². The molecule has 1 aromatic carbocycles. The molecule has 0 radical (unpaired) electrons. The Morgan fingerprint density at radius 3 is 3.00 bits per heavy atom. The molecular formula is C14H15N3O3. The lowest BCUT2D eigenvalue weighted by Crippen LogP contribution is -2.42. The summed E-state index contributed by atoms with van der Waals surface area (Å²) < 4.78 is 0. The van der Waals surface area contributed by atoms with E-state index in [9.17, 15) is 14.7 Å². The molecule has 1 aromatic heterocycles. The Kier molecular flexibility index (Phi) is 2.93. The summed E-state index contributed by atoms with van der Waals surface area (Å²) in [6.45, 7) is 2.35. The molecule has 2 heterocycles. The fourth-order valence-electron chi connectivity index (χ4n) is 2.79. The molecule has 104 valence electrons. The van der Waals surface area contributed by atoms with Crippen LogP contribution < -0.4 is 0 Å². The van der Waals surface area contributed by atoms with Crippen LogP contribution in [0.4, 0.5) is 0 Å². The number of nitrogens with zero attached hydrogens (tertiary/aromatic N) is 2. The van der Waals surface area contributed by atoms with Gasteiger partial charge in [0.05, 0.1) is 11.7 Å². The fraction of sp³-hybridized carbons (Fsp3) is 0.357. The van der Waals surface area contributed by atoms with Crippen molar-refractivity contribution in [1.82, 2.24) is 15.1 Å². The number of hydrogen-bond donors (Lipinski definition) is 2. The molecule has 1 aliphatic rings. The molecule has 2 unspecified atom stereocenters. The molecule has 2 N–H and O–H groups in total. The molecule has 1 fully saturated rings. The van der Waals surface area contributed by atoms with E-state index in [-0.39, 0.29) is 11.8 Å². The van der Waals surface area contributed by atoms with Gasteiger partial charge in [-0.05, 0) is 30.5 Å². The maximum Gasteiger partial charge on any atom is 0.326 e. The second kappa shape index (κ2) is 4.63. The number of carbonyl (C=O) groups excluding carboxylic acids is 1. The highest BCUT2D eigenvalue weighted by atomic mass is 16.4. The summed E-state index contributed by atoms with van der Waals surface area (Å²) in [6, 6.07) is 4.49. The highest BCUT2D eigenvalue weighted by Crippen LogP contribution is 2.26. The molecule has 2 aromatic rings. The van der Waals surface area contributed by atoms with Crippen molar-refractivity contribution in [3.63, 3.8) is 0 Å². The van der Waals surface area contributed by atoms with E-state index < -0.39 is 12.0 Å². The Balaban J connectivity index is 1.93. The van der Waals surface area contributed by atoms with E-state index in [2.05, 4.69) is 10.2 Å². The SMILES string of the molecule is CC1CCN(C(=O)c2ccc3[nH]ncc3c2)C1C(=O)O. The van der Waals surface area contributed by atoms with Crippen molar-refractivity contribution in [2.24, 2.45) is 5.92 Å². The third-order valence-corrected chi connectivity index (χ3v) is 3.90. The van der Waals surface area contributed by atoms with Crippen LogP contribution in [0.1, 0.15) is 23.7 Å². The zero-order valence-corrected chi connectivity index (χ0v) is 11.0. The Morgan fingerprint density at radius 1 is 1.45 bits per heavy atom. The summed E-state index contributed by atoms with van der Waals surface area (Å²) >= 11 is 0. The van der Waals surface area contributed by atoms with Crippen LogP contribution in [0.2, 0.25) is 0 Å². The molecule has 0 bridgehead atoms. The predicted octanol–water partition coefficient (Wildman–Crippen LogP) is 1.50. The van der Waals surface area contributed by atoms with Gasteiger partial charge in [0.1, 0.15) is 6.04 Å². The van der Waals surface area contributed by atoms with Gasteiger partial charge < -0.3 is 10.0 Å². The fourth-order valence-corrected chi connectivity index (χ4v) is 2.79. The maximum atomic E-state index is 12.5. The zero-order chi connectivity index (χ0) is 14.3. The number of aromatic nitrogens is 2. The summed E-state index contributed by atoms with van der Waals surface area (Å²) in [5.74, 6) is -1.19. The predicted molar refractivity (Wildman–Crippen MR) is 72.3 cm³/mol. The van der Waals surface area contributed by atoms with Gasteiger partial charge in [-0.25, -0.2) is 4.79 Å². The van der Waals surface area contributed by atoms with E-state index in [0.717, 1.165) is 17.3 Å². The van der Waals surface area contributed by atoms with Crippen LogP contribution in [0.15, 0.2) is 24.4 Å². The van der Waals surface area contributed by atoms with Gasteiger partial charge in [-0.15, -0.1) is 0 Å². The van der Waals surface area contributed by atoms with Crippen LogP contribution in [0.3, 0.4) is 0 Å². The monoisotopic (exact) mass is 273 g/mol. The van der Waals surface area contributed by atoms with Gasteiger partial charge in [-0.2, -0.15) is 5.10 Å². The number of fused-ring (bicyclic) bond motifs is 1. The minimum Gasteiger partial charge on any atom is -0.480 e. The number of carboxylic acid groups (broad SMARTS) is 1. The van der Waals surface area contributed by atoms with Crippen molar-refractivity contribution < 1.29 is 14.7 Å². The molecule has 3 rings (SSSR count). The van der Waals surface area contributed by atoms with Gasteiger partial charge >= 0.3 is 5.97 Å². The number of aliphatic carboxylic acids is 1. The second-order valence-electron chi connectivity index (χ2n) is 5.22. The summed E-state index contributed by atoms with van der Waals surface area (Å²) in [5, 5.41) is 16.9. The normalized spacial score (nSPS) is 22.4. The van der Waals surface area contributed by atoms with Crippen LogP contribution in [0, 0.1) is 5.92 Å². The molecule has 2 atom stereocenters. The first-order valence-corrected chi connectivity index (χ1v) is 6.55. The molecule has 0 aliphatic carbocycles. The first-order chi connectivity index (χ1) is 9.58. The number of rotatable bonds is 2. The molecule has 1 aliphatic heterocycles. The van der Waals surface area contributed by atoms with Crippen molar-refractivity contribution in [2.45, 2.75) is 19.4 Å². The van der Waals surface area contributed by atoms with Crippen LogP contribution in [-0.2, 0) is 4.79 Å². The molecule has 1 amide bonds. The minimum atomic E-state index is -0.937. The third kappa shape index (κ3) is 1.93. The molecule has 0 saturated carbocycles. The van der Waals surface area contributed by atoms with Crippen molar-refractivity contribution in [3.05, 3.63) is 30.0 Å². The number of carboxylic acids is 1. The molecular weight excluding hydrogens is 258 g/mol. The zero-order valence-electron chi connectivity index (χ0n) is 11.0. The van der Waals surface area contributed by atoms with E-state index in [4.69, 9.17) is 0 Å². The van der Waals surface area contributed by atoms with Crippen molar-refractivity contribution in [3.8, 4) is 0 Å². The van der Waals surface area contributed by atoms with Crippen LogP contribution >= 0.6 is 0 Å². The Bertz CT molecular complexity index is 679. The minimum absolute atomic E-state index is 0.0193. The lowest BCUT2D eigenvalue weighted by molar-refractivity contribution is -0.142. The summed E-state index contributed by atoms with van der Waals surface area (Å²) in [4.78, 5) is 25.3. The molecule has 6 heteroatoms. The quantitative estimate of drug-likeness (QED) is 0.868. The van der Waals surface area contributed by atoms with Crippen molar-refractivity contribution in [2.75, 3.05) is 6.54 Å². The Labute approximate surface area is 115 Å². The van der Waals surface area contributed by atoms with Gasteiger partial charge in [-0.1, -0.05) is 6.92 Å². The van der Waals surface area contributed by atoms with E-state index in [1.54, 1.807) is 24.4 Å². The standard InChI is InChI=1S/C14H15N3O3/c1-8-4-5-17(12(8)14(19)20)13(18)9-2-3-11-10(6-9)7-15-16-11/h2-3,6-8,12H,4-5H2,1H3,(H,15,16)(H,19,20). The maximum absolute atomic E-state index is 12.5. The van der Waals surface area contributed by atoms with E-state index in [0.29, 0.717) is 12.1 Å². The third-order valence-electron chi connectivity index (χ3n) is 3.90. The average molecular weight is 273 g/mol. The number of nitrogens with one attached hydrogen (secondary N) is 1. The summed E-state index contributed by atoms with van der Waals surface area (Å²) in [7, 11) is 0. The van der Waals surface area contributed by atoms with E-state index in [1.807, 2.05) is 6.92 Å². The van der Waals surface area contributed by atoms with Crippen molar-refractivity contribution >= 4 is 22.8 Å². The van der Waals surface area contributed by atoms with Gasteiger partial charge in [-0.3, -0.25) is 9.89 Å². The van der Waals surface area contributed by atoms with E-state index in [1.165, 1.54) is 4.90 Å². The number of benzene rings is 1. The summed E-state index contributed by atoms with van der Waals surface area (Å²) in [5.41, 5.74) is 1.35. The van der Waals surface area contributed by atoms with Crippen LogP contribution in [-0.4, -0.2) is 44.7 Å². The van der Waals surface area contributed by atoms with Crippen molar-refractivity contribution in [1.29, 1.82) is 0 Å². The highest BCUT2D eigenvalue weighted by Gasteiger charge is 2.39. The summed E-state index contributed by atoms with van der Waals surface area (Å²) in [6.07, 6.45) is 2.37. The number of likely N-dealkylation sites (tertiary alicyclic amines) is 1. The van der Waals surface area contributed by atoms with Gasteiger partial charge in [0, 0.05) is 17.5 Å². The molecule has 0 spiro atoms. The largest absolute Gasteiger partial charge is 0.480 e. The Morgan fingerprint density at radius 2 is 2.25 bits per heavy atom. The second-order valence-corrected chi connectivity index (χ2v) is 5.22. The highest BCUT2D eigenvalue weighted by molar-refractivity contribution is 5.99. The first-order valence-electron chi connectivity index (χ1n) is 6.55. The van der Waals surface area contributed by atoms with Gasteiger partial charge in [0.25, 0.3) is 5.91 Å². The molecule has 1 saturated heterocycles. The lowest BCUT2D eigenvalue weighted by Gasteiger charge is -2.23.